The summed E-state index contributed by atoms with van der Waals surface area (Å²) in [5.41, 5.74) is 1.23. The Hall–Kier alpha value is -2.01. The number of para-hydroxylation sites is 1. The fraction of sp³-hybridized carbons (Fsp3) is 0.550. The molecule has 1 aromatic carbocycles. The molecule has 2 rings (SSSR count). The highest BCUT2D eigenvalue weighted by atomic mass is 16.5. The molecule has 1 fully saturated rings. The molecule has 1 heterocycles. The molecule has 1 aliphatic heterocycles. The standard InChI is InChI=1S/C20H32N4O/c1-16(2)15-24-12-10-18(11-13-24)23-20(21-4)22-14-17(3)25-19-8-6-5-7-9-19/h5-9,17-18H,1,10-15H2,2-4H3,(H2,21,22,23). The zero-order valence-corrected chi connectivity index (χ0v) is 15.8. The molecule has 2 N–H and O–H groups in total. The Bertz CT molecular complexity index is 550. The van der Waals surface area contributed by atoms with E-state index in [2.05, 4.69) is 41.0 Å². The minimum Gasteiger partial charge on any atom is -0.489 e. The highest BCUT2D eigenvalue weighted by molar-refractivity contribution is 5.80. The molecule has 138 valence electrons. The number of hydrogen-bond donors (Lipinski definition) is 2. The van der Waals surface area contributed by atoms with Gasteiger partial charge in [-0.1, -0.05) is 30.4 Å². The highest BCUT2D eigenvalue weighted by Crippen LogP contribution is 2.12. The number of ether oxygens (including phenoxy) is 1. The third-order valence-corrected chi connectivity index (χ3v) is 4.28. The Labute approximate surface area is 152 Å². The largest absolute Gasteiger partial charge is 0.489 e. The molecule has 1 unspecified atom stereocenters. The average molecular weight is 345 g/mol. The minimum absolute atomic E-state index is 0.0679. The van der Waals surface area contributed by atoms with Gasteiger partial charge in [0.1, 0.15) is 11.9 Å². The van der Waals surface area contributed by atoms with Crippen LogP contribution in [0.4, 0.5) is 0 Å². The van der Waals surface area contributed by atoms with E-state index in [-0.39, 0.29) is 6.10 Å². The first-order valence-corrected chi connectivity index (χ1v) is 9.12. The third-order valence-electron chi connectivity index (χ3n) is 4.28. The van der Waals surface area contributed by atoms with Crippen molar-refractivity contribution in [1.29, 1.82) is 0 Å². The molecule has 0 aliphatic carbocycles. The fourth-order valence-corrected chi connectivity index (χ4v) is 3.02. The lowest BCUT2D eigenvalue weighted by Crippen LogP contribution is -2.50. The van der Waals surface area contributed by atoms with Crippen molar-refractivity contribution in [3.05, 3.63) is 42.5 Å². The van der Waals surface area contributed by atoms with Crippen molar-refractivity contribution < 1.29 is 4.74 Å². The van der Waals surface area contributed by atoms with Crippen LogP contribution in [-0.2, 0) is 0 Å². The number of nitrogens with zero attached hydrogens (tertiary/aromatic N) is 2. The molecule has 0 aromatic heterocycles. The molecule has 1 aromatic rings. The number of rotatable bonds is 7. The van der Waals surface area contributed by atoms with Crippen LogP contribution < -0.4 is 15.4 Å². The second-order valence-corrected chi connectivity index (χ2v) is 6.85. The summed E-state index contributed by atoms with van der Waals surface area (Å²) in [7, 11) is 1.81. The first-order chi connectivity index (χ1) is 12.1. The molecule has 0 amide bonds. The number of piperidine rings is 1. The maximum absolute atomic E-state index is 5.89. The highest BCUT2D eigenvalue weighted by Gasteiger charge is 2.19. The van der Waals surface area contributed by atoms with Crippen LogP contribution in [0.5, 0.6) is 5.75 Å². The van der Waals surface area contributed by atoms with Crippen molar-refractivity contribution in [2.24, 2.45) is 4.99 Å². The molecule has 5 heteroatoms. The second kappa shape index (κ2) is 10.1. The van der Waals surface area contributed by atoms with Gasteiger partial charge in [-0.3, -0.25) is 9.89 Å². The summed E-state index contributed by atoms with van der Waals surface area (Å²) >= 11 is 0. The Morgan fingerprint density at radius 3 is 2.60 bits per heavy atom. The van der Waals surface area contributed by atoms with Crippen LogP contribution >= 0.6 is 0 Å². The molecular weight excluding hydrogens is 312 g/mol. The summed E-state index contributed by atoms with van der Waals surface area (Å²) in [6.07, 6.45) is 2.33. The quantitative estimate of drug-likeness (QED) is 0.454. The van der Waals surface area contributed by atoms with Crippen LogP contribution in [0.3, 0.4) is 0 Å². The van der Waals surface area contributed by atoms with Crippen molar-refractivity contribution in [2.45, 2.75) is 38.8 Å². The Kier molecular flexibility index (Phi) is 7.79. The number of guanidine groups is 1. The van der Waals surface area contributed by atoms with E-state index in [1.807, 2.05) is 37.4 Å². The van der Waals surface area contributed by atoms with Crippen LogP contribution in [0.2, 0.25) is 0 Å². The number of likely N-dealkylation sites (tertiary alicyclic amines) is 1. The zero-order valence-electron chi connectivity index (χ0n) is 15.8. The minimum atomic E-state index is 0.0679. The second-order valence-electron chi connectivity index (χ2n) is 6.85. The van der Waals surface area contributed by atoms with Gasteiger partial charge in [-0.25, -0.2) is 0 Å². The average Bonchev–Trinajstić information content (AvgIpc) is 2.60. The first kappa shape index (κ1) is 19.3. The third kappa shape index (κ3) is 7.18. The maximum Gasteiger partial charge on any atom is 0.191 e. The molecule has 0 saturated carbocycles. The van der Waals surface area contributed by atoms with Gasteiger partial charge in [0.2, 0.25) is 0 Å². The number of benzene rings is 1. The number of nitrogens with one attached hydrogen (secondary N) is 2. The van der Waals surface area contributed by atoms with Gasteiger partial charge in [0.15, 0.2) is 5.96 Å². The Balaban J connectivity index is 1.69. The van der Waals surface area contributed by atoms with Gasteiger partial charge < -0.3 is 15.4 Å². The van der Waals surface area contributed by atoms with Crippen molar-refractivity contribution in [1.82, 2.24) is 15.5 Å². The molecule has 1 atom stereocenters. The monoisotopic (exact) mass is 344 g/mol. The lowest BCUT2D eigenvalue weighted by Gasteiger charge is -2.33. The molecular formula is C20H32N4O. The van der Waals surface area contributed by atoms with Crippen molar-refractivity contribution in [3.8, 4) is 5.75 Å². The molecule has 0 spiro atoms. The van der Waals surface area contributed by atoms with Gasteiger partial charge in [0.25, 0.3) is 0 Å². The smallest absolute Gasteiger partial charge is 0.191 e. The van der Waals surface area contributed by atoms with Crippen LogP contribution in [0, 0.1) is 0 Å². The molecule has 0 bridgehead atoms. The number of hydrogen-bond acceptors (Lipinski definition) is 3. The van der Waals surface area contributed by atoms with Gasteiger partial charge in [-0.2, -0.15) is 0 Å². The van der Waals surface area contributed by atoms with Crippen molar-refractivity contribution >= 4 is 5.96 Å². The predicted molar refractivity (Wildman–Crippen MR) is 105 cm³/mol. The Morgan fingerprint density at radius 1 is 1.32 bits per heavy atom. The summed E-state index contributed by atoms with van der Waals surface area (Å²) in [4.78, 5) is 6.80. The first-order valence-electron chi connectivity index (χ1n) is 9.12. The van der Waals surface area contributed by atoms with Gasteiger partial charge in [-0.05, 0) is 38.8 Å². The van der Waals surface area contributed by atoms with E-state index in [1.165, 1.54) is 5.57 Å². The summed E-state index contributed by atoms with van der Waals surface area (Å²) in [6, 6.07) is 10.4. The summed E-state index contributed by atoms with van der Waals surface area (Å²) in [6.45, 7) is 12.1. The number of aliphatic imine (C=N–C) groups is 1. The van der Waals surface area contributed by atoms with E-state index in [0.717, 1.165) is 44.2 Å². The Morgan fingerprint density at radius 2 is 2.00 bits per heavy atom. The van der Waals surface area contributed by atoms with E-state index < -0.39 is 0 Å². The lowest BCUT2D eigenvalue weighted by atomic mass is 10.0. The van der Waals surface area contributed by atoms with Crippen LogP contribution in [-0.4, -0.2) is 56.2 Å². The van der Waals surface area contributed by atoms with E-state index in [1.54, 1.807) is 0 Å². The molecule has 25 heavy (non-hydrogen) atoms. The molecule has 1 aliphatic rings. The van der Waals surface area contributed by atoms with E-state index in [9.17, 15) is 0 Å². The van der Waals surface area contributed by atoms with E-state index in [0.29, 0.717) is 12.6 Å². The van der Waals surface area contributed by atoms with E-state index in [4.69, 9.17) is 4.74 Å². The van der Waals surface area contributed by atoms with Gasteiger partial charge in [0.05, 0.1) is 6.54 Å². The van der Waals surface area contributed by atoms with Crippen LogP contribution in [0.25, 0.3) is 0 Å². The zero-order chi connectivity index (χ0) is 18.1. The topological polar surface area (TPSA) is 48.9 Å². The van der Waals surface area contributed by atoms with Gasteiger partial charge in [-0.15, -0.1) is 0 Å². The van der Waals surface area contributed by atoms with Gasteiger partial charge >= 0.3 is 0 Å². The predicted octanol–water partition coefficient (Wildman–Crippen LogP) is 2.66. The summed E-state index contributed by atoms with van der Waals surface area (Å²) in [5, 5.41) is 6.90. The normalized spacial score (nSPS) is 17.8. The van der Waals surface area contributed by atoms with Crippen molar-refractivity contribution in [2.75, 3.05) is 33.2 Å². The lowest BCUT2D eigenvalue weighted by molar-refractivity contribution is 0.217. The summed E-state index contributed by atoms with van der Waals surface area (Å²) < 4.78 is 5.89. The summed E-state index contributed by atoms with van der Waals surface area (Å²) in [5.74, 6) is 1.74. The van der Waals surface area contributed by atoms with Crippen molar-refractivity contribution in [3.63, 3.8) is 0 Å². The van der Waals surface area contributed by atoms with Gasteiger partial charge in [0, 0.05) is 32.7 Å². The van der Waals surface area contributed by atoms with Crippen LogP contribution in [0.15, 0.2) is 47.5 Å². The molecule has 0 radical (unpaired) electrons. The SMILES string of the molecule is C=C(C)CN1CCC(NC(=NC)NCC(C)Oc2ccccc2)CC1. The molecule has 5 nitrogen and oxygen atoms in total. The molecule has 1 saturated heterocycles. The van der Waals surface area contributed by atoms with Crippen LogP contribution in [0.1, 0.15) is 26.7 Å². The van der Waals surface area contributed by atoms with E-state index >= 15 is 0 Å². The fourth-order valence-electron chi connectivity index (χ4n) is 3.02. The maximum atomic E-state index is 5.89.